The summed E-state index contributed by atoms with van der Waals surface area (Å²) in [5.41, 5.74) is 2.68. The summed E-state index contributed by atoms with van der Waals surface area (Å²) >= 11 is 0. The van der Waals surface area contributed by atoms with Crippen molar-refractivity contribution in [1.29, 1.82) is 0 Å². The third kappa shape index (κ3) is 3.32. The van der Waals surface area contributed by atoms with Crippen LogP contribution in [0, 0.1) is 6.92 Å². The molecule has 1 aromatic carbocycles. The Morgan fingerprint density at radius 1 is 1.35 bits per heavy atom. The molecule has 0 radical (unpaired) electrons. The number of aromatic nitrogens is 2. The zero-order chi connectivity index (χ0) is 14.6. The van der Waals surface area contributed by atoms with Crippen LogP contribution in [0.5, 0.6) is 0 Å². The first kappa shape index (κ1) is 14.4. The molecule has 0 saturated carbocycles. The van der Waals surface area contributed by atoms with Gasteiger partial charge in [0.25, 0.3) is 0 Å². The van der Waals surface area contributed by atoms with Crippen molar-refractivity contribution in [3.8, 4) is 0 Å². The van der Waals surface area contributed by atoms with Gasteiger partial charge in [0, 0.05) is 13.0 Å². The number of hydrogen-bond donors (Lipinski definition) is 3. The maximum Gasteiger partial charge on any atom is 0.242 e. The van der Waals surface area contributed by atoms with E-state index in [9.17, 15) is 8.42 Å². The number of hydrogen-bond acceptors (Lipinski definition) is 7. The molecule has 0 aliphatic heterocycles. The van der Waals surface area contributed by atoms with E-state index in [0.29, 0.717) is 23.8 Å². The molecule has 2 rings (SSSR count). The Hall–Kier alpha value is -1.97. The number of nitrogens with two attached hydrogens (primary N) is 1. The smallest absolute Gasteiger partial charge is 0.242 e. The first-order valence-electron chi connectivity index (χ1n) is 5.87. The lowest BCUT2D eigenvalue weighted by atomic mass is 10.3. The molecule has 108 valence electrons. The highest BCUT2D eigenvalue weighted by molar-refractivity contribution is 7.89. The molecule has 4 N–H and O–H groups in total. The van der Waals surface area contributed by atoms with Gasteiger partial charge in [-0.1, -0.05) is 17.3 Å². The van der Waals surface area contributed by atoms with Crippen molar-refractivity contribution in [1.82, 2.24) is 14.9 Å². The van der Waals surface area contributed by atoms with Gasteiger partial charge < -0.3 is 9.95 Å². The van der Waals surface area contributed by atoms with Gasteiger partial charge in [-0.2, -0.15) is 4.98 Å². The Bertz CT molecular complexity index is 683. The average molecular weight is 297 g/mol. The van der Waals surface area contributed by atoms with Crippen LogP contribution in [0.15, 0.2) is 33.7 Å². The summed E-state index contributed by atoms with van der Waals surface area (Å²) in [4.78, 5) is 4.08. The number of aryl methyl sites for hydroxylation is 1. The molecular formula is C11H15N5O3S. The lowest BCUT2D eigenvalue weighted by molar-refractivity contribution is 0.375. The van der Waals surface area contributed by atoms with Crippen molar-refractivity contribution in [2.75, 3.05) is 12.0 Å². The third-order valence-corrected chi connectivity index (χ3v) is 4.05. The topological polar surface area (TPSA) is 123 Å². The number of nitrogen functional groups attached to an aromatic ring is 1. The maximum atomic E-state index is 12.1. The van der Waals surface area contributed by atoms with Gasteiger partial charge in [-0.3, -0.25) is 5.84 Å². The summed E-state index contributed by atoms with van der Waals surface area (Å²) in [6, 6.07) is 6.36. The highest BCUT2D eigenvalue weighted by Gasteiger charge is 2.17. The van der Waals surface area contributed by atoms with Gasteiger partial charge in [0.15, 0.2) is 5.82 Å². The second kappa shape index (κ2) is 5.99. The molecule has 0 aliphatic carbocycles. The van der Waals surface area contributed by atoms with Crippen LogP contribution in [-0.4, -0.2) is 25.1 Å². The molecule has 20 heavy (non-hydrogen) atoms. The Morgan fingerprint density at radius 3 is 2.75 bits per heavy atom. The highest BCUT2D eigenvalue weighted by atomic mass is 32.2. The van der Waals surface area contributed by atoms with Crippen molar-refractivity contribution in [2.45, 2.75) is 18.2 Å². The first-order chi connectivity index (χ1) is 9.53. The lowest BCUT2D eigenvalue weighted by Crippen LogP contribution is -2.27. The zero-order valence-electron chi connectivity index (χ0n) is 10.8. The maximum absolute atomic E-state index is 12.1. The standard InChI is InChI=1S/C11H15N5O3S/c1-8-14-11(19-16-8)6-7-13-20(17,18)10-5-3-2-4-9(10)15-12/h2-5,13,15H,6-7,12H2,1H3. The Labute approximate surface area is 116 Å². The van der Waals surface area contributed by atoms with Crippen molar-refractivity contribution < 1.29 is 12.9 Å². The first-order valence-corrected chi connectivity index (χ1v) is 7.36. The van der Waals surface area contributed by atoms with Crippen LogP contribution in [0.3, 0.4) is 0 Å². The van der Waals surface area contributed by atoms with Gasteiger partial charge in [0.05, 0.1) is 5.69 Å². The van der Waals surface area contributed by atoms with Gasteiger partial charge >= 0.3 is 0 Å². The van der Waals surface area contributed by atoms with Crippen molar-refractivity contribution in [3.63, 3.8) is 0 Å². The van der Waals surface area contributed by atoms with Crippen molar-refractivity contribution in [3.05, 3.63) is 36.0 Å². The predicted octanol–water partition coefficient (Wildman–Crippen LogP) is 0.185. The lowest BCUT2D eigenvalue weighted by Gasteiger charge is -2.10. The molecule has 0 spiro atoms. The second-order valence-electron chi connectivity index (χ2n) is 4.02. The number of sulfonamides is 1. The average Bonchev–Trinajstić information content (AvgIpc) is 2.84. The molecule has 1 aromatic heterocycles. The van der Waals surface area contributed by atoms with E-state index in [2.05, 4.69) is 20.3 Å². The third-order valence-electron chi connectivity index (χ3n) is 2.53. The number of nitrogens with one attached hydrogen (secondary N) is 2. The summed E-state index contributed by atoms with van der Waals surface area (Å²) in [6.45, 7) is 1.85. The van der Waals surface area contributed by atoms with E-state index in [1.165, 1.54) is 6.07 Å². The van der Waals surface area contributed by atoms with Gasteiger partial charge in [-0.05, 0) is 19.1 Å². The van der Waals surface area contributed by atoms with Crippen LogP contribution < -0.4 is 16.0 Å². The minimum absolute atomic E-state index is 0.0872. The zero-order valence-corrected chi connectivity index (χ0v) is 11.6. The van der Waals surface area contributed by atoms with E-state index in [0.717, 1.165) is 0 Å². The molecule has 0 unspecified atom stereocenters. The predicted molar refractivity (Wildman–Crippen MR) is 72.2 cm³/mol. The summed E-state index contributed by atoms with van der Waals surface area (Å²) in [5, 5.41) is 3.63. The number of rotatable bonds is 6. The molecule has 0 amide bonds. The molecule has 9 heteroatoms. The molecular weight excluding hydrogens is 282 g/mol. The number of para-hydroxylation sites is 1. The van der Waals surface area contributed by atoms with E-state index >= 15 is 0 Å². The Morgan fingerprint density at radius 2 is 2.10 bits per heavy atom. The van der Waals surface area contributed by atoms with Crippen molar-refractivity contribution in [2.24, 2.45) is 5.84 Å². The van der Waals surface area contributed by atoms with Crippen LogP contribution in [0.25, 0.3) is 0 Å². The number of nitrogens with zero attached hydrogens (tertiary/aromatic N) is 2. The van der Waals surface area contributed by atoms with Crippen LogP contribution in [0.1, 0.15) is 11.7 Å². The van der Waals surface area contributed by atoms with Crippen LogP contribution in [-0.2, 0) is 16.4 Å². The van der Waals surface area contributed by atoms with Gasteiger partial charge in [-0.15, -0.1) is 0 Å². The number of benzene rings is 1. The molecule has 1 heterocycles. The van der Waals surface area contributed by atoms with Gasteiger partial charge in [-0.25, -0.2) is 13.1 Å². The van der Waals surface area contributed by atoms with E-state index in [-0.39, 0.29) is 11.4 Å². The Balaban J connectivity index is 2.04. The van der Waals surface area contributed by atoms with E-state index < -0.39 is 10.0 Å². The highest BCUT2D eigenvalue weighted by Crippen LogP contribution is 2.19. The molecule has 2 aromatic rings. The number of anilines is 1. The number of hydrazine groups is 1. The molecule has 0 fully saturated rings. The summed E-state index contributed by atoms with van der Waals surface area (Å²) < 4.78 is 31.6. The normalized spacial score (nSPS) is 11.5. The summed E-state index contributed by atoms with van der Waals surface area (Å²) in [6.07, 6.45) is 0.318. The molecule has 8 nitrogen and oxygen atoms in total. The molecule has 0 aliphatic rings. The van der Waals surface area contributed by atoms with E-state index in [1.54, 1.807) is 25.1 Å². The molecule has 0 atom stereocenters. The molecule has 0 bridgehead atoms. The Kier molecular flexibility index (Phi) is 4.32. The van der Waals surface area contributed by atoms with Crippen LogP contribution in [0.4, 0.5) is 5.69 Å². The van der Waals surface area contributed by atoms with Crippen LogP contribution in [0.2, 0.25) is 0 Å². The fraction of sp³-hybridized carbons (Fsp3) is 0.273. The van der Waals surface area contributed by atoms with E-state index in [1.807, 2.05) is 0 Å². The monoisotopic (exact) mass is 297 g/mol. The fourth-order valence-corrected chi connectivity index (χ4v) is 2.83. The largest absolute Gasteiger partial charge is 0.339 e. The minimum atomic E-state index is -3.65. The molecule has 0 saturated heterocycles. The summed E-state index contributed by atoms with van der Waals surface area (Å²) in [5.74, 6) is 6.19. The van der Waals surface area contributed by atoms with Gasteiger partial charge in [0.2, 0.25) is 15.9 Å². The van der Waals surface area contributed by atoms with Gasteiger partial charge in [0.1, 0.15) is 4.90 Å². The minimum Gasteiger partial charge on any atom is -0.339 e. The summed E-state index contributed by atoms with van der Waals surface area (Å²) in [7, 11) is -3.65. The SMILES string of the molecule is Cc1noc(CCNS(=O)(=O)c2ccccc2NN)n1. The van der Waals surface area contributed by atoms with Crippen molar-refractivity contribution >= 4 is 15.7 Å². The van der Waals surface area contributed by atoms with E-state index in [4.69, 9.17) is 10.4 Å². The quantitative estimate of drug-likeness (QED) is 0.513. The second-order valence-corrected chi connectivity index (χ2v) is 5.76. The van der Waals surface area contributed by atoms with Crippen LogP contribution >= 0.6 is 0 Å². The fourth-order valence-electron chi connectivity index (χ4n) is 1.63.